The van der Waals surface area contributed by atoms with Gasteiger partial charge in [0.25, 0.3) is 5.91 Å². The summed E-state index contributed by atoms with van der Waals surface area (Å²) in [4.78, 5) is 24.8. The third-order valence-electron chi connectivity index (χ3n) is 4.65. The van der Waals surface area contributed by atoms with Gasteiger partial charge in [-0.25, -0.2) is 0 Å². The van der Waals surface area contributed by atoms with Crippen molar-refractivity contribution >= 4 is 11.8 Å². The van der Waals surface area contributed by atoms with Crippen LogP contribution in [-0.4, -0.2) is 27.8 Å². The molecule has 0 saturated heterocycles. The average Bonchev–Trinajstić information content (AvgIpc) is 3.22. The Labute approximate surface area is 123 Å². The van der Waals surface area contributed by atoms with Crippen molar-refractivity contribution in [2.75, 3.05) is 0 Å². The summed E-state index contributed by atoms with van der Waals surface area (Å²) in [6, 6.07) is 3.22. The van der Waals surface area contributed by atoms with E-state index in [2.05, 4.69) is 0 Å². The van der Waals surface area contributed by atoms with Gasteiger partial charge in [0.05, 0.1) is 6.07 Å². The highest BCUT2D eigenvalue weighted by Crippen LogP contribution is 2.33. The predicted octanol–water partition coefficient (Wildman–Crippen LogP) is 3.52. The fourth-order valence-corrected chi connectivity index (χ4v) is 3.66. The van der Waals surface area contributed by atoms with Crippen molar-refractivity contribution in [1.82, 2.24) is 4.90 Å². The van der Waals surface area contributed by atoms with E-state index in [1.165, 1.54) is 12.1 Å². The molecule has 0 atom stereocenters. The molecule has 6 heteroatoms. The summed E-state index contributed by atoms with van der Waals surface area (Å²) in [6.07, 6.45) is 8.74. The zero-order valence-corrected chi connectivity index (χ0v) is 12.0. The third kappa shape index (κ3) is 2.80. The number of hydrogen-bond donors (Lipinski definition) is 0. The zero-order valence-electron chi connectivity index (χ0n) is 12.0. The lowest BCUT2D eigenvalue weighted by Crippen LogP contribution is -2.45. The molecule has 6 nitrogen and oxygen atoms in total. The van der Waals surface area contributed by atoms with E-state index < -0.39 is 4.92 Å². The average molecular weight is 292 g/mol. The summed E-state index contributed by atoms with van der Waals surface area (Å²) >= 11 is 0. The van der Waals surface area contributed by atoms with Crippen LogP contribution in [0.3, 0.4) is 0 Å². The van der Waals surface area contributed by atoms with Gasteiger partial charge in [0.15, 0.2) is 5.76 Å². The van der Waals surface area contributed by atoms with Crippen LogP contribution in [0.1, 0.15) is 61.9 Å². The summed E-state index contributed by atoms with van der Waals surface area (Å²) < 4.78 is 5.12. The van der Waals surface area contributed by atoms with E-state index in [9.17, 15) is 14.9 Å². The number of rotatable bonds is 4. The van der Waals surface area contributed by atoms with Crippen LogP contribution in [-0.2, 0) is 0 Å². The van der Waals surface area contributed by atoms with Crippen LogP contribution in [0.5, 0.6) is 0 Å². The lowest BCUT2D eigenvalue weighted by molar-refractivity contribution is -0.402. The molecule has 0 aliphatic heterocycles. The summed E-state index contributed by atoms with van der Waals surface area (Å²) in [5, 5.41) is 10.7. The normalized spacial score (nSPS) is 20.0. The van der Waals surface area contributed by atoms with Crippen LogP contribution in [0, 0.1) is 10.1 Å². The van der Waals surface area contributed by atoms with E-state index in [4.69, 9.17) is 4.42 Å². The third-order valence-corrected chi connectivity index (χ3v) is 4.65. The van der Waals surface area contributed by atoms with Crippen LogP contribution in [0.2, 0.25) is 0 Å². The van der Waals surface area contributed by atoms with Crippen LogP contribution < -0.4 is 0 Å². The van der Waals surface area contributed by atoms with Gasteiger partial charge in [-0.1, -0.05) is 25.7 Å². The van der Waals surface area contributed by atoms with Gasteiger partial charge < -0.3 is 9.32 Å². The van der Waals surface area contributed by atoms with E-state index in [0.717, 1.165) is 51.4 Å². The molecular formula is C15H20N2O4. The minimum Gasteiger partial charge on any atom is -0.395 e. The number of carbonyl (C=O) groups is 1. The van der Waals surface area contributed by atoms with Gasteiger partial charge in [-0.15, -0.1) is 0 Å². The van der Waals surface area contributed by atoms with Crippen molar-refractivity contribution < 1.29 is 14.1 Å². The number of furan rings is 1. The molecule has 114 valence electrons. The molecule has 1 aromatic heterocycles. The summed E-state index contributed by atoms with van der Waals surface area (Å²) in [6.45, 7) is 0. The second kappa shape index (κ2) is 5.87. The molecular weight excluding hydrogens is 272 g/mol. The maximum Gasteiger partial charge on any atom is 0.433 e. The molecule has 1 aromatic rings. The first-order valence-electron chi connectivity index (χ1n) is 7.73. The van der Waals surface area contributed by atoms with Crippen molar-refractivity contribution in [2.24, 2.45) is 0 Å². The number of hydrogen-bond acceptors (Lipinski definition) is 4. The molecule has 0 bridgehead atoms. The van der Waals surface area contributed by atoms with E-state index >= 15 is 0 Å². The lowest BCUT2D eigenvalue weighted by atomic mass is 10.1. The molecule has 2 fully saturated rings. The van der Waals surface area contributed by atoms with E-state index in [1.54, 1.807) is 0 Å². The molecule has 2 saturated carbocycles. The van der Waals surface area contributed by atoms with E-state index in [1.807, 2.05) is 4.90 Å². The second-order valence-corrected chi connectivity index (χ2v) is 5.98. The molecule has 2 aliphatic rings. The topological polar surface area (TPSA) is 76.6 Å². The highest BCUT2D eigenvalue weighted by molar-refractivity contribution is 5.92. The van der Waals surface area contributed by atoms with Crippen molar-refractivity contribution in [1.29, 1.82) is 0 Å². The van der Waals surface area contributed by atoms with Gasteiger partial charge in [0.2, 0.25) is 0 Å². The van der Waals surface area contributed by atoms with Crippen molar-refractivity contribution in [3.63, 3.8) is 0 Å². The second-order valence-electron chi connectivity index (χ2n) is 5.98. The zero-order chi connectivity index (χ0) is 14.8. The molecule has 21 heavy (non-hydrogen) atoms. The number of amides is 1. The molecule has 0 aromatic carbocycles. The SMILES string of the molecule is O=C(c1ccc([N+](=O)[O-])o1)N(C1CCCC1)C1CCCC1. The smallest absolute Gasteiger partial charge is 0.395 e. The van der Waals surface area contributed by atoms with Crippen molar-refractivity contribution in [3.05, 3.63) is 28.0 Å². The van der Waals surface area contributed by atoms with Crippen molar-refractivity contribution in [2.45, 2.75) is 63.5 Å². The maximum atomic E-state index is 12.8. The van der Waals surface area contributed by atoms with Crippen LogP contribution >= 0.6 is 0 Å². The standard InChI is InChI=1S/C15H20N2O4/c18-15(13-9-10-14(21-13)17(19)20)16(11-5-1-2-6-11)12-7-3-4-8-12/h9-12H,1-8H2. The Hall–Kier alpha value is -1.85. The Bertz CT molecular complexity index is 512. The summed E-state index contributed by atoms with van der Waals surface area (Å²) in [7, 11) is 0. The summed E-state index contributed by atoms with van der Waals surface area (Å²) in [5.41, 5.74) is 0. The lowest BCUT2D eigenvalue weighted by Gasteiger charge is -2.33. The molecule has 1 heterocycles. The Morgan fingerprint density at radius 3 is 2.05 bits per heavy atom. The van der Waals surface area contributed by atoms with Gasteiger partial charge >= 0.3 is 5.88 Å². The Morgan fingerprint density at radius 2 is 1.62 bits per heavy atom. The molecule has 1 amide bonds. The maximum absolute atomic E-state index is 12.8. The first-order chi connectivity index (χ1) is 10.2. The monoisotopic (exact) mass is 292 g/mol. The Kier molecular flexibility index (Phi) is 3.94. The molecule has 0 radical (unpaired) electrons. The van der Waals surface area contributed by atoms with Gasteiger partial charge in [-0.2, -0.15) is 0 Å². The largest absolute Gasteiger partial charge is 0.433 e. The first kappa shape index (κ1) is 14.1. The molecule has 0 spiro atoms. The molecule has 2 aliphatic carbocycles. The van der Waals surface area contributed by atoms with Crippen LogP contribution in [0.4, 0.5) is 5.88 Å². The minimum absolute atomic E-state index is 0.0977. The van der Waals surface area contributed by atoms with Gasteiger partial charge in [0.1, 0.15) is 4.92 Å². The number of nitro groups is 1. The Morgan fingerprint density at radius 1 is 1.10 bits per heavy atom. The molecule has 0 unspecified atom stereocenters. The van der Waals surface area contributed by atoms with E-state index in [-0.39, 0.29) is 29.6 Å². The van der Waals surface area contributed by atoms with Crippen LogP contribution in [0.25, 0.3) is 0 Å². The van der Waals surface area contributed by atoms with E-state index in [0.29, 0.717) is 0 Å². The predicted molar refractivity (Wildman–Crippen MR) is 76.0 cm³/mol. The number of nitrogens with zero attached hydrogens (tertiary/aromatic N) is 2. The van der Waals surface area contributed by atoms with Gasteiger partial charge in [-0.3, -0.25) is 14.9 Å². The van der Waals surface area contributed by atoms with Crippen molar-refractivity contribution in [3.8, 4) is 0 Å². The minimum atomic E-state index is -0.605. The highest BCUT2D eigenvalue weighted by Gasteiger charge is 2.36. The summed E-state index contributed by atoms with van der Waals surface area (Å²) in [5.74, 6) is -0.446. The fourth-order valence-electron chi connectivity index (χ4n) is 3.66. The molecule has 0 N–H and O–H groups in total. The van der Waals surface area contributed by atoms with Gasteiger partial charge in [-0.05, 0) is 31.7 Å². The number of carbonyl (C=O) groups excluding carboxylic acids is 1. The molecule has 3 rings (SSSR count). The fraction of sp³-hybridized carbons (Fsp3) is 0.667. The first-order valence-corrected chi connectivity index (χ1v) is 7.73. The van der Waals surface area contributed by atoms with Gasteiger partial charge in [0, 0.05) is 12.1 Å². The quantitative estimate of drug-likeness (QED) is 0.628. The highest BCUT2D eigenvalue weighted by atomic mass is 16.6. The Balaban J connectivity index is 1.83. The van der Waals surface area contributed by atoms with Crippen LogP contribution in [0.15, 0.2) is 16.5 Å².